The number of amides is 2. The van der Waals surface area contributed by atoms with E-state index in [1.165, 1.54) is 0 Å². The lowest BCUT2D eigenvalue weighted by Crippen LogP contribution is -2.48. The van der Waals surface area contributed by atoms with Crippen LogP contribution in [0.2, 0.25) is 5.02 Å². The Kier molecular flexibility index (Phi) is 8.38. The molecule has 0 unspecified atom stereocenters. The highest BCUT2D eigenvalue weighted by Gasteiger charge is 2.23. The largest absolute Gasteiger partial charge is 0.450 e. The lowest BCUT2D eigenvalue weighted by Gasteiger charge is -2.31. The van der Waals surface area contributed by atoms with Gasteiger partial charge in [0.25, 0.3) is 0 Å². The molecule has 9 heteroatoms. The van der Waals surface area contributed by atoms with Crippen molar-refractivity contribution >= 4 is 35.2 Å². The number of nitrogens with zero attached hydrogens (tertiary/aromatic N) is 2. The standard InChI is InChI=1S/C19H28ClN5O3/c1-3-28-19(27)25-11-8-14(9-12-25)23-18(21)22-10-7-17(26)24-16-6-4-5-15(20)13(16)2/h4-6,14H,3,7-12H2,1-2H3,(H,24,26)(H3,21,22,23). The Labute approximate surface area is 170 Å². The number of anilines is 1. The van der Waals surface area contributed by atoms with Gasteiger partial charge in [-0.2, -0.15) is 0 Å². The van der Waals surface area contributed by atoms with Crippen LogP contribution in [0.4, 0.5) is 10.5 Å². The predicted octanol–water partition coefficient (Wildman–Crippen LogP) is 2.50. The molecule has 154 valence electrons. The van der Waals surface area contributed by atoms with E-state index in [9.17, 15) is 9.59 Å². The first-order valence-electron chi connectivity index (χ1n) is 9.43. The van der Waals surface area contributed by atoms with Gasteiger partial charge < -0.3 is 26.0 Å². The molecule has 0 bridgehead atoms. The quantitative estimate of drug-likeness (QED) is 0.494. The molecule has 8 nitrogen and oxygen atoms in total. The lowest BCUT2D eigenvalue weighted by atomic mass is 10.1. The maximum atomic E-state index is 12.1. The Bertz CT molecular complexity index is 718. The van der Waals surface area contributed by atoms with Crippen molar-refractivity contribution in [2.24, 2.45) is 10.7 Å². The van der Waals surface area contributed by atoms with Gasteiger partial charge >= 0.3 is 6.09 Å². The van der Waals surface area contributed by atoms with Gasteiger partial charge in [0.2, 0.25) is 5.91 Å². The second kappa shape index (κ2) is 10.8. The number of hydrogen-bond acceptors (Lipinski definition) is 4. The minimum absolute atomic E-state index is 0.148. The average molecular weight is 410 g/mol. The highest BCUT2D eigenvalue weighted by molar-refractivity contribution is 6.31. The van der Waals surface area contributed by atoms with Crippen molar-refractivity contribution < 1.29 is 14.3 Å². The second-order valence-corrected chi connectivity index (χ2v) is 6.99. The average Bonchev–Trinajstić information content (AvgIpc) is 2.66. The molecule has 0 atom stereocenters. The minimum Gasteiger partial charge on any atom is -0.450 e. The number of halogens is 1. The van der Waals surface area contributed by atoms with Gasteiger partial charge in [0.1, 0.15) is 0 Å². The minimum atomic E-state index is -0.274. The molecule has 0 radical (unpaired) electrons. The number of nitrogens with one attached hydrogen (secondary N) is 2. The zero-order valence-corrected chi connectivity index (χ0v) is 17.1. The number of guanidine groups is 1. The van der Waals surface area contributed by atoms with E-state index in [2.05, 4.69) is 15.6 Å². The molecule has 2 rings (SSSR count). The van der Waals surface area contributed by atoms with Gasteiger partial charge in [0.15, 0.2) is 5.96 Å². The third kappa shape index (κ3) is 6.60. The van der Waals surface area contributed by atoms with Gasteiger partial charge in [-0.25, -0.2) is 4.79 Å². The molecule has 1 heterocycles. The Balaban J connectivity index is 1.71. The van der Waals surface area contributed by atoms with Crippen LogP contribution in [0.3, 0.4) is 0 Å². The summed E-state index contributed by atoms with van der Waals surface area (Å²) in [6, 6.07) is 5.52. The normalized spacial score (nSPS) is 15.2. The molecule has 1 aromatic rings. The molecule has 1 aliphatic rings. The van der Waals surface area contributed by atoms with Crippen molar-refractivity contribution in [3.63, 3.8) is 0 Å². The molecule has 4 N–H and O–H groups in total. The van der Waals surface area contributed by atoms with Crippen molar-refractivity contribution in [1.29, 1.82) is 0 Å². The van der Waals surface area contributed by atoms with Crippen molar-refractivity contribution in [2.75, 3.05) is 31.6 Å². The summed E-state index contributed by atoms with van der Waals surface area (Å²) in [5, 5.41) is 6.59. The summed E-state index contributed by atoms with van der Waals surface area (Å²) in [6.07, 6.45) is 1.48. The summed E-state index contributed by atoms with van der Waals surface area (Å²) in [5.74, 6) is 0.158. The first kappa shape index (κ1) is 21.8. The van der Waals surface area contributed by atoms with Gasteiger partial charge in [-0.1, -0.05) is 17.7 Å². The maximum Gasteiger partial charge on any atom is 0.409 e. The lowest BCUT2D eigenvalue weighted by molar-refractivity contribution is -0.116. The summed E-state index contributed by atoms with van der Waals surface area (Å²) in [5.41, 5.74) is 7.44. The van der Waals surface area contributed by atoms with Crippen LogP contribution < -0.4 is 16.4 Å². The van der Waals surface area contributed by atoms with Gasteiger partial charge in [0.05, 0.1) is 13.2 Å². The monoisotopic (exact) mass is 409 g/mol. The molecule has 0 saturated carbocycles. The van der Waals surface area contributed by atoms with Gasteiger partial charge in [-0.05, 0) is 44.4 Å². The molecular formula is C19H28ClN5O3. The van der Waals surface area contributed by atoms with Crippen LogP contribution in [0.15, 0.2) is 23.2 Å². The molecule has 2 amide bonds. The van der Waals surface area contributed by atoms with E-state index in [1.54, 1.807) is 30.0 Å². The van der Waals surface area contributed by atoms with Crippen LogP contribution in [0.5, 0.6) is 0 Å². The summed E-state index contributed by atoms with van der Waals surface area (Å²) in [6.45, 7) is 5.54. The maximum absolute atomic E-state index is 12.1. The van der Waals surface area contributed by atoms with Gasteiger partial charge in [0, 0.05) is 36.3 Å². The van der Waals surface area contributed by atoms with Crippen molar-refractivity contribution in [2.45, 2.75) is 39.2 Å². The van der Waals surface area contributed by atoms with Crippen LogP contribution in [-0.4, -0.2) is 55.1 Å². The first-order valence-corrected chi connectivity index (χ1v) is 9.81. The molecule has 0 aliphatic carbocycles. The fourth-order valence-electron chi connectivity index (χ4n) is 2.91. The topological polar surface area (TPSA) is 109 Å². The number of nitrogens with two attached hydrogens (primary N) is 1. The third-order valence-corrected chi connectivity index (χ3v) is 4.95. The molecule has 1 saturated heterocycles. The zero-order valence-electron chi connectivity index (χ0n) is 16.3. The summed E-state index contributed by atoms with van der Waals surface area (Å²) >= 11 is 6.05. The highest BCUT2D eigenvalue weighted by atomic mass is 35.5. The van der Waals surface area contributed by atoms with Crippen molar-refractivity contribution in [3.05, 3.63) is 28.8 Å². The third-order valence-electron chi connectivity index (χ3n) is 4.54. The van der Waals surface area contributed by atoms with E-state index in [0.717, 1.165) is 18.4 Å². The number of piperidine rings is 1. The Hall–Kier alpha value is -2.48. The highest BCUT2D eigenvalue weighted by Crippen LogP contribution is 2.22. The molecular weight excluding hydrogens is 382 g/mol. The van der Waals surface area contributed by atoms with Crippen LogP contribution in [0.1, 0.15) is 31.7 Å². The van der Waals surface area contributed by atoms with Crippen molar-refractivity contribution in [3.8, 4) is 0 Å². The zero-order chi connectivity index (χ0) is 20.5. The number of hydrogen-bond donors (Lipinski definition) is 3. The molecule has 1 fully saturated rings. The van der Waals surface area contributed by atoms with E-state index >= 15 is 0 Å². The van der Waals surface area contributed by atoms with Gasteiger partial charge in [-0.15, -0.1) is 0 Å². The molecule has 0 spiro atoms. The number of carbonyl (C=O) groups excluding carboxylic acids is 2. The number of aliphatic imine (C=N–C) groups is 1. The SMILES string of the molecule is CCOC(=O)N1CCC(NC(N)=NCCC(=O)Nc2cccc(Cl)c2C)CC1. The Morgan fingerprint density at radius 1 is 1.36 bits per heavy atom. The van der Waals surface area contributed by atoms with E-state index in [1.807, 2.05) is 6.92 Å². The number of benzene rings is 1. The van der Waals surface area contributed by atoms with E-state index in [4.69, 9.17) is 22.1 Å². The van der Waals surface area contributed by atoms with Crippen LogP contribution in [0.25, 0.3) is 0 Å². The molecule has 0 aromatic heterocycles. The van der Waals surface area contributed by atoms with Crippen LogP contribution >= 0.6 is 11.6 Å². The fourth-order valence-corrected chi connectivity index (χ4v) is 3.08. The van der Waals surface area contributed by atoms with E-state index in [-0.39, 0.29) is 31.0 Å². The number of ether oxygens (including phenoxy) is 1. The second-order valence-electron chi connectivity index (χ2n) is 6.58. The molecule has 1 aliphatic heterocycles. The van der Waals surface area contributed by atoms with Gasteiger partial charge in [-0.3, -0.25) is 9.79 Å². The predicted molar refractivity (Wildman–Crippen MR) is 111 cm³/mol. The number of likely N-dealkylation sites (tertiary alicyclic amines) is 1. The summed E-state index contributed by atoms with van der Waals surface area (Å²) < 4.78 is 5.00. The summed E-state index contributed by atoms with van der Waals surface area (Å²) in [4.78, 5) is 29.7. The smallest absolute Gasteiger partial charge is 0.409 e. The van der Waals surface area contributed by atoms with Crippen molar-refractivity contribution in [1.82, 2.24) is 10.2 Å². The number of carbonyl (C=O) groups is 2. The Morgan fingerprint density at radius 2 is 2.07 bits per heavy atom. The number of rotatable bonds is 6. The molecule has 28 heavy (non-hydrogen) atoms. The van der Waals surface area contributed by atoms with Crippen LogP contribution in [0, 0.1) is 6.92 Å². The first-order chi connectivity index (χ1) is 13.4. The Morgan fingerprint density at radius 3 is 2.75 bits per heavy atom. The van der Waals surface area contributed by atoms with Crippen LogP contribution in [-0.2, 0) is 9.53 Å². The van der Waals surface area contributed by atoms with E-state index in [0.29, 0.717) is 36.4 Å². The summed E-state index contributed by atoms with van der Waals surface area (Å²) in [7, 11) is 0. The fraction of sp³-hybridized carbons (Fsp3) is 0.526. The molecule has 1 aromatic carbocycles. The van der Waals surface area contributed by atoms with E-state index < -0.39 is 0 Å².